The average Bonchev–Trinajstić information content (AvgIpc) is 2.82. The van der Waals surface area contributed by atoms with Crippen molar-refractivity contribution in [1.29, 1.82) is 0 Å². The first-order valence-electron chi connectivity index (χ1n) is 6.09. The highest BCUT2D eigenvalue weighted by molar-refractivity contribution is 7.11. The van der Waals surface area contributed by atoms with Crippen molar-refractivity contribution in [2.75, 3.05) is 6.54 Å². The van der Waals surface area contributed by atoms with Crippen molar-refractivity contribution in [3.8, 4) is 0 Å². The van der Waals surface area contributed by atoms with Crippen LogP contribution in [-0.4, -0.2) is 16.7 Å². The van der Waals surface area contributed by atoms with Gasteiger partial charge in [0, 0.05) is 12.5 Å². The van der Waals surface area contributed by atoms with Crippen LogP contribution in [0.4, 0.5) is 8.78 Å². The highest BCUT2D eigenvalue weighted by Gasteiger charge is 2.12. The Morgan fingerprint density at radius 2 is 2.11 bits per heavy atom. The Kier molecular flexibility index (Phi) is 4.55. The van der Waals surface area contributed by atoms with Gasteiger partial charge in [-0.2, -0.15) is 0 Å². The van der Waals surface area contributed by atoms with Crippen molar-refractivity contribution in [2.24, 2.45) is 0 Å². The molecular formula is C13H15F2N3S. The Balaban J connectivity index is 2.11. The predicted molar refractivity (Wildman–Crippen MR) is 71.2 cm³/mol. The van der Waals surface area contributed by atoms with Gasteiger partial charge in [0.25, 0.3) is 0 Å². The molecule has 0 aliphatic carbocycles. The molecule has 0 aliphatic rings. The van der Waals surface area contributed by atoms with E-state index in [-0.39, 0.29) is 6.04 Å². The molecule has 2 aromatic rings. The Labute approximate surface area is 114 Å². The molecule has 1 heterocycles. The molecule has 0 radical (unpaired) electrons. The minimum absolute atomic E-state index is 0.134. The molecule has 1 atom stereocenters. The van der Waals surface area contributed by atoms with E-state index in [9.17, 15) is 8.78 Å². The average molecular weight is 283 g/mol. The van der Waals surface area contributed by atoms with Crippen molar-refractivity contribution in [3.05, 3.63) is 45.4 Å². The molecule has 102 valence electrons. The molecule has 2 rings (SSSR count). The summed E-state index contributed by atoms with van der Waals surface area (Å²) < 4.78 is 26.3. The number of hydrogen-bond donors (Lipinski definition) is 1. The summed E-state index contributed by atoms with van der Waals surface area (Å²) in [5.41, 5.74) is 0.431. The van der Waals surface area contributed by atoms with Gasteiger partial charge in [-0.1, -0.05) is 24.3 Å². The monoisotopic (exact) mass is 283 g/mol. The first-order chi connectivity index (χ1) is 9.10. The molecule has 1 aromatic carbocycles. The van der Waals surface area contributed by atoms with Crippen LogP contribution >= 0.6 is 11.3 Å². The number of nitrogens with one attached hydrogen (secondary N) is 1. The van der Waals surface area contributed by atoms with Crippen LogP contribution in [0.25, 0.3) is 0 Å². The maximum absolute atomic E-state index is 13.5. The lowest BCUT2D eigenvalue weighted by Gasteiger charge is -2.06. The predicted octanol–water partition coefficient (Wildman–Crippen LogP) is 3.08. The van der Waals surface area contributed by atoms with E-state index in [0.717, 1.165) is 22.6 Å². The van der Waals surface area contributed by atoms with Crippen molar-refractivity contribution in [1.82, 2.24) is 15.5 Å². The van der Waals surface area contributed by atoms with Gasteiger partial charge in [-0.05, 0) is 25.1 Å². The molecule has 0 saturated carbocycles. The fourth-order valence-corrected chi connectivity index (χ4v) is 2.63. The van der Waals surface area contributed by atoms with Crippen molar-refractivity contribution in [2.45, 2.75) is 26.3 Å². The standard InChI is InChI=1S/C13H15F2N3S/c1-3-16-8(2)13-18-17-12(19-13)6-9-4-5-10(14)7-11(9)15/h4-5,7-8,16H,3,6H2,1-2H3. The lowest BCUT2D eigenvalue weighted by Crippen LogP contribution is -2.17. The molecule has 1 aromatic heterocycles. The van der Waals surface area contributed by atoms with Crippen LogP contribution < -0.4 is 5.32 Å². The molecule has 0 saturated heterocycles. The summed E-state index contributed by atoms with van der Waals surface area (Å²) in [5.74, 6) is -1.11. The molecule has 3 nitrogen and oxygen atoms in total. The molecule has 0 aliphatic heterocycles. The maximum Gasteiger partial charge on any atom is 0.134 e. The van der Waals surface area contributed by atoms with Gasteiger partial charge in [-0.15, -0.1) is 10.2 Å². The quantitative estimate of drug-likeness (QED) is 0.916. The highest BCUT2D eigenvalue weighted by atomic mass is 32.1. The van der Waals surface area contributed by atoms with Crippen molar-refractivity contribution < 1.29 is 8.78 Å². The SMILES string of the molecule is CCNC(C)c1nnc(Cc2ccc(F)cc2F)s1. The fourth-order valence-electron chi connectivity index (χ4n) is 1.73. The minimum atomic E-state index is -0.569. The summed E-state index contributed by atoms with van der Waals surface area (Å²) >= 11 is 1.44. The Hall–Kier alpha value is -1.40. The zero-order valence-corrected chi connectivity index (χ0v) is 11.6. The van der Waals surface area contributed by atoms with E-state index in [1.807, 2.05) is 13.8 Å². The molecule has 1 unspecified atom stereocenters. The lowest BCUT2D eigenvalue weighted by atomic mass is 10.1. The van der Waals surface area contributed by atoms with Crippen LogP contribution in [0.5, 0.6) is 0 Å². The van der Waals surface area contributed by atoms with Crippen molar-refractivity contribution in [3.63, 3.8) is 0 Å². The first kappa shape index (κ1) is 14.0. The maximum atomic E-state index is 13.5. The van der Waals surface area contributed by atoms with E-state index in [1.54, 1.807) is 0 Å². The molecule has 6 heteroatoms. The van der Waals surface area contributed by atoms with E-state index in [4.69, 9.17) is 0 Å². The molecule has 0 amide bonds. The molecule has 0 bridgehead atoms. The zero-order chi connectivity index (χ0) is 13.8. The first-order valence-corrected chi connectivity index (χ1v) is 6.91. The van der Waals surface area contributed by atoms with E-state index < -0.39 is 11.6 Å². The third-order valence-corrected chi connectivity index (χ3v) is 3.83. The van der Waals surface area contributed by atoms with E-state index in [2.05, 4.69) is 15.5 Å². The molecular weight excluding hydrogens is 268 g/mol. The van der Waals surface area contributed by atoms with Crippen LogP contribution in [0.1, 0.15) is 35.5 Å². The third kappa shape index (κ3) is 3.54. The van der Waals surface area contributed by atoms with Gasteiger partial charge in [0.15, 0.2) is 0 Å². The summed E-state index contributed by atoms with van der Waals surface area (Å²) in [5, 5.41) is 13.0. The van der Waals surface area contributed by atoms with Crippen LogP contribution in [0.3, 0.4) is 0 Å². The number of nitrogens with zero attached hydrogens (tertiary/aromatic N) is 2. The normalized spacial score (nSPS) is 12.6. The van der Waals surface area contributed by atoms with Gasteiger partial charge >= 0.3 is 0 Å². The van der Waals surface area contributed by atoms with Gasteiger partial charge in [0.05, 0.1) is 6.04 Å². The van der Waals surface area contributed by atoms with Gasteiger partial charge in [0.2, 0.25) is 0 Å². The summed E-state index contributed by atoms with van der Waals surface area (Å²) in [6, 6.07) is 3.72. The zero-order valence-electron chi connectivity index (χ0n) is 10.8. The van der Waals surface area contributed by atoms with E-state index in [1.165, 1.54) is 23.5 Å². The minimum Gasteiger partial charge on any atom is -0.308 e. The van der Waals surface area contributed by atoms with Gasteiger partial charge < -0.3 is 5.32 Å². The molecule has 1 N–H and O–H groups in total. The lowest BCUT2D eigenvalue weighted by molar-refractivity contribution is 0.574. The largest absolute Gasteiger partial charge is 0.308 e. The van der Waals surface area contributed by atoms with Crippen LogP contribution in [0.15, 0.2) is 18.2 Å². The fraction of sp³-hybridized carbons (Fsp3) is 0.385. The summed E-state index contributed by atoms with van der Waals surface area (Å²) in [6.45, 7) is 4.88. The second-order valence-corrected chi connectivity index (χ2v) is 5.32. The van der Waals surface area contributed by atoms with Crippen LogP contribution in [0.2, 0.25) is 0 Å². The number of halogens is 2. The van der Waals surface area contributed by atoms with Gasteiger partial charge in [-0.3, -0.25) is 0 Å². The van der Waals surface area contributed by atoms with E-state index in [0.29, 0.717) is 12.0 Å². The second kappa shape index (κ2) is 6.16. The topological polar surface area (TPSA) is 37.8 Å². The summed E-state index contributed by atoms with van der Waals surface area (Å²) in [7, 11) is 0. The van der Waals surface area contributed by atoms with Crippen LogP contribution in [-0.2, 0) is 6.42 Å². The smallest absolute Gasteiger partial charge is 0.134 e. The number of rotatable bonds is 5. The summed E-state index contributed by atoms with van der Waals surface area (Å²) in [4.78, 5) is 0. The molecule has 0 fully saturated rings. The number of benzene rings is 1. The number of hydrogen-bond acceptors (Lipinski definition) is 4. The Morgan fingerprint density at radius 3 is 2.79 bits per heavy atom. The number of aromatic nitrogens is 2. The van der Waals surface area contributed by atoms with Crippen LogP contribution in [0, 0.1) is 11.6 Å². The van der Waals surface area contributed by atoms with E-state index >= 15 is 0 Å². The summed E-state index contributed by atoms with van der Waals surface area (Å²) in [6.07, 6.45) is 0.336. The van der Waals surface area contributed by atoms with Gasteiger partial charge in [-0.25, -0.2) is 8.78 Å². The Morgan fingerprint density at radius 1 is 1.32 bits per heavy atom. The molecule has 19 heavy (non-hydrogen) atoms. The second-order valence-electron chi connectivity index (χ2n) is 4.23. The van der Waals surface area contributed by atoms with Gasteiger partial charge in [0.1, 0.15) is 21.6 Å². The Bertz CT molecular complexity index is 557. The molecule has 0 spiro atoms. The highest BCUT2D eigenvalue weighted by Crippen LogP contribution is 2.21. The third-order valence-electron chi connectivity index (χ3n) is 2.72. The van der Waals surface area contributed by atoms with Crippen molar-refractivity contribution >= 4 is 11.3 Å².